The minimum absolute atomic E-state index is 0.381. The molecule has 0 aliphatic carbocycles. The summed E-state index contributed by atoms with van der Waals surface area (Å²) in [5, 5.41) is 3.41. The molecule has 0 heterocycles. The van der Waals surface area contributed by atoms with Crippen molar-refractivity contribution in [2.75, 3.05) is 38.8 Å². The van der Waals surface area contributed by atoms with Gasteiger partial charge in [-0.05, 0) is 46.1 Å². The number of hydrogen-bond acceptors (Lipinski definition) is 4. The van der Waals surface area contributed by atoms with Crippen molar-refractivity contribution >= 4 is 11.4 Å². The first-order chi connectivity index (χ1) is 8.02. The second-order valence-electron chi connectivity index (χ2n) is 4.59. The highest BCUT2D eigenvalue weighted by Gasteiger charge is 2.06. The minimum Gasteiger partial charge on any atom is -0.497 e. The van der Waals surface area contributed by atoms with E-state index in [9.17, 15) is 0 Å². The molecule has 4 heteroatoms. The fraction of sp³-hybridized carbons (Fsp3) is 0.538. The summed E-state index contributed by atoms with van der Waals surface area (Å²) in [5.41, 5.74) is 7.61. The fourth-order valence-corrected chi connectivity index (χ4v) is 1.58. The Hall–Kier alpha value is -1.42. The van der Waals surface area contributed by atoms with Crippen molar-refractivity contribution in [3.63, 3.8) is 0 Å². The molecule has 1 rings (SSSR count). The number of ether oxygens (including phenoxy) is 1. The lowest BCUT2D eigenvalue weighted by molar-refractivity contribution is 0.390. The van der Waals surface area contributed by atoms with Crippen molar-refractivity contribution in [2.45, 2.75) is 19.4 Å². The van der Waals surface area contributed by atoms with Gasteiger partial charge in [-0.15, -0.1) is 0 Å². The van der Waals surface area contributed by atoms with Gasteiger partial charge in [0, 0.05) is 12.1 Å². The summed E-state index contributed by atoms with van der Waals surface area (Å²) in [6, 6.07) is 6.04. The molecule has 0 aromatic heterocycles. The van der Waals surface area contributed by atoms with E-state index in [4.69, 9.17) is 10.5 Å². The van der Waals surface area contributed by atoms with Crippen molar-refractivity contribution in [1.82, 2.24) is 4.90 Å². The predicted molar refractivity (Wildman–Crippen MR) is 73.7 cm³/mol. The lowest BCUT2D eigenvalue weighted by atomic mass is 10.2. The number of nitrogens with zero attached hydrogens (tertiary/aromatic N) is 1. The smallest absolute Gasteiger partial charge is 0.121 e. The molecule has 0 aliphatic rings. The Balaban J connectivity index is 2.60. The first-order valence-electron chi connectivity index (χ1n) is 5.87. The third kappa shape index (κ3) is 4.53. The highest BCUT2D eigenvalue weighted by atomic mass is 16.5. The summed E-state index contributed by atoms with van der Waals surface area (Å²) in [5.74, 6) is 0.821. The van der Waals surface area contributed by atoms with Crippen LogP contribution in [0.1, 0.15) is 13.3 Å². The van der Waals surface area contributed by atoms with E-state index in [-0.39, 0.29) is 0 Å². The fourth-order valence-electron chi connectivity index (χ4n) is 1.58. The maximum atomic E-state index is 5.92. The van der Waals surface area contributed by atoms with E-state index < -0.39 is 0 Å². The molecule has 1 unspecified atom stereocenters. The van der Waals surface area contributed by atoms with E-state index >= 15 is 0 Å². The van der Waals surface area contributed by atoms with Crippen molar-refractivity contribution in [3.05, 3.63) is 18.2 Å². The van der Waals surface area contributed by atoms with E-state index in [0.717, 1.165) is 30.1 Å². The molecule has 1 aromatic rings. The van der Waals surface area contributed by atoms with Gasteiger partial charge in [-0.25, -0.2) is 0 Å². The number of nitrogens with one attached hydrogen (secondary N) is 1. The molecule has 0 fully saturated rings. The molecule has 0 radical (unpaired) electrons. The quantitative estimate of drug-likeness (QED) is 0.743. The highest BCUT2D eigenvalue weighted by Crippen LogP contribution is 2.25. The van der Waals surface area contributed by atoms with E-state index in [1.807, 2.05) is 18.2 Å². The third-order valence-corrected chi connectivity index (χ3v) is 2.67. The predicted octanol–water partition coefficient (Wildman–Crippen LogP) is 2.03. The van der Waals surface area contributed by atoms with Crippen LogP contribution in [0.4, 0.5) is 11.4 Å². The molecule has 17 heavy (non-hydrogen) atoms. The molecule has 3 N–H and O–H groups in total. The van der Waals surface area contributed by atoms with Crippen molar-refractivity contribution in [3.8, 4) is 5.75 Å². The number of nitrogens with two attached hydrogens (primary N) is 1. The van der Waals surface area contributed by atoms with Crippen LogP contribution >= 0.6 is 0 Å². The van der Waals surface area contributed by atoms with Crippen LogP contribution in [-0.4, -0.2) is 38.7 Å². The monoisotopic (exact) mass is 237 g/mol. The van der Waals surface area contributed by atoms with Crippen LogP contribution in [0.15, 0.2) is 18.2 Å². The van der Waals surface area contributed by atoms with Gasteiger partial charge >= 0.3 is 0 Å². The van der Waals surface area contributed by atoms with Gasteiger partial charge in [-0.3, -0.25) is 0 Å². The summed E-state index contributed by atoms with van der Waals surface area (Å²) in [6.07, 6.45) is 1.07. The number of rotatable bonds is 6. The first-order valence-corrected chi connectivity index (χ1v) is 5.87. The maximum absolute atomic E-state index is 5.92. The van der Waals surface area contributed by atoms with Crippen LogP contribution in [0.25, 0.3) is 0 Å². The van der Waals surface area contributed by atoms with Crippen LogP contribution < -0.4 is 15.8 Å². The van der Waals surface area contributed by atoms with E-state index in [2.05, 4.69) is 31.2 Å². The SMILES string of the molecule is COc1ccc(N)c(NC(C)CCN(C)C)c1. The standard InChI is InChI=1S/C13H23N3O/c1-10(7-8-16(2)3)15-13-9-11(17-4)5-6-12(13)14/h5-6,9-10,15H,7-8,14H2,1-4H3. The third-order valence-electron chi connectivity index (χ3n) is 2.67. The van der Waals surface area contributed by atoms with Gasteiger partial charge in [0.1, 0.15) is 5.75 Å². The molecule has 1 atom stereocenters. The van der Waals surface area contributed by atoms with Crippen LogP contribution in [-0.2, 0) is 0 Å². The number of methoxy groups -OCH3 is 1. The van der Waals surface area contributed by atoms with Crippen molar-refractivity contribution in [2.24, 2.45) is 0 Å². The molecule has 1 aromatic carbocycles. The average Bonchev–Trinajstić information content (AvgIpc) is 2.29. The van der Waals surface area contributed by atoms with Crippen LogP contribution in [0.2, 0.25) is 0 Å². The molecule has 4 nitrogen and oxygen atoms in total. The summed E-state index contributed by atoms with van der Waals surface area (Å²) in [6.45, 7) is 3.21. The molecule has 0 spiro atoms. The lowest BCUT2D eigenvalue weighted by Crippen LogP contribution is -2.23. The molecule has 0 aliphatic heterocycles. The molecular weight excluding hydrogens is 214 g/mol. The zero-order valence-electron chi connectivity index (χ0n) is 11.2. The zero-order valence-corrected chi connectivity index (χ0v) is 11.2. The summed E-state index contributed by atoms with van der Waals surface area (Å²) >= 11 is 0. The Morgan fingerprint density at radius 3 is 2.71 bits per heavy atom. The molecule has 0 saturated heterocycles. The Kier molecular flexibility index (Phi) is 5.10. The topological polar surface area (TPSA) is 50.5 Å². The van der Waals surface area contributed by atoms with E-state index in [1.165, 1.54) is 0 Å². The molecule has 0 saturated carbocycles. The van der Waals surface area contributed by atoms with Crippen LogP contribution in [0, 0.1) is 0 Å². The molecule has 0 amide bonds. The summed E-state index contributed by atoms with van der Waals surface area (Å²) < 4.78 is 5.19. The number of nitrogen functional groups attached to an aromatic ring is 1. The normalized spacial score (nSPS) is 12.5. The average molecular weight is 237 g/mol. The van der Waals surface area contributed by atoms with Gasteiger partial charge in [0.25, 0.3) is 0 Å². The lowest BCUT2D eigenvalue weighted by Gasteiger charge is -2.19. The van der Waals surface area contributed by atoms with Crippen LogP contribution in [0.5, 0.6) is 5.75 Å². The van der Waals surface area contributed by atoms with Crippen molar-refractivity contribution in [1.29, 1.82) is 0 Å². The Morgan fingerprint density at radius 2 is 2.12 bits per heavy atom. The van der Waals surface area contributed by atoms with Gasteiger partial charge in [0.2, 0.25) is 0 Å². The minimum atomic E-state index is 0.381. The Bertz CT molecular complexity index is 353. The molecule has 96 valence electrons. The van der Waals surface area contributed by atoms with Gasteiger partial charge in [0.05, 0.1) is 18.5 Å². The Morgan fingerprint density at radius 1 is 1.41 bits per heavy atom. The van der Waals surface area contributed by atoms with E-state index in [0.29, 0.717) is 6.04 Å². The second-order valence-corrected chi connectivity index (χ2v) is 4.59. The highest BCUT2D eigenvalue weighted by molar-refractivity contribution is 5.68. The number of hydrogen-bond donors (Lipinski definition) is 2. The van der Waals surface area contributed by atoms with Gasteiger partial charge in [0.15, 0.2) is 0 Å². The second kappa shape index (κ2) is 6.35. The van der Waals surface area contributed by atoms with Crippen LogP contribution in [0.3, 0.4) is 0 Å². The molecule has 0 bridgehead atoms. The molecular formula is C13H23N3O. The number of benzene rings is 1. The Labute approximate surface area is 104 Å². The van der Waals surface area contributed by atoms with Gasteiger partial charge in [-0.1, -0.05) is 0 Å². The summed E-state index contributed by atoms with van der Waals surface area (Å²) in [4.78, 5) is 2.17. The number of anilines is 2. The largest absolute Gasteiger partial charge is 0.497 e. The van der Waals surface area contributed by atoms with Crippen molar-refractivity contribution < 1.29 is 4.74 Å². The first kappa shape index (κ1) is 13.6. The van der Waals surface area contributed by atoms with E-state index in [1.54, 1.807) is 7.11 Å². The maximum Gasteiger partial charge on any atom is 0.121 e. The van der Waals surface area contributed by atoms with Gasteiger partial charge < -0.3 is 20.7 Å². The van der Waals surface area contributed by atoms with Gasteiger partial charge in [-0.2, -0.15) is 0 Å². The summed E-state index contributed by atoms with van der Waals surface area (Å²) in [7, 11) is 5.81. The zero-order chi connectivity index (χ0) is 12.8.